The lowest BCUT2D eigenvalue weighted by atomic mass is 9.76. The van der Waals surface area contributed by atoms with Gasteiger partial charge >= 0.3 is 0 Å². The Morgan fingerprint density at radius 3 is 2.77 bits per heavy atom. The third-order valence-corrected chi connectivity index (χ3v) is 6.33. The first-order valence-electron chi connectivity index (χ1n) is 10.8. The highest BCUT2D eigenvalue weighted by atomic mass is 16.2. The number of carbonyl (C=O) groups is 1. The maximum absolute atomic E-state index is 12.7. The number of anilines is 1. The molecule has 0 unspecified atom stereocenters. The van der Waals surface area contributed by atoms with Gasteiger partial charge in [0.1, 0.15) is 11.8 Å². The third-order valence-electron chi connectivity index (χ3n) is 6.33. The van der Waals surface area contributed by atoms with Crippen molar-refractivity contribution in [2.45, 2.75) is 51.9 Å². The van der Waals surface area contributed by atoms with Gasteiger partial charge in [0.25, 0.3) is 5.91 Å². The first-order chi connectivity index (χ1) is 14.4. The molecule has 0 spiro atoms. The van der Waals surface area contributed by atoms with Crippen LogP contribution in [0.15, 0.2) is 30.5 Å². The van der Waals surface area contributed by atoms with Gasteiger partial charge in [0.15, 0.2) is 5.82 Å². The van der Waals surface area contributed by atoms with Crippen molar-refractivity contribution in [2.24, 2.45) is 5.41 Å². The van der Waals surface area contributed by atoms with Crippen molar-refractivity contribution in [2.75, 3.05) is 18.4 Å². The van der Waals surface area contributed by atoms with Gasteiger partial charge in [-0.15, -0.1) is 0 Å². The van der Waals surface area contributed by atoms with Crippen molar-refractivity contribution in [1.29, 1.82) is 5.26 Å². The fraction of sp³-hybridized carbons (Fsp3) is 0.458. The monoisotopic (exact) mass is 403 g/mol. The van der Waals surface area contributed by atoms with Crippen molar-refractivity contribution in [3.05, 3.63) is 53.1 Å². The number of rotatable bonds is 4. The molecule has 2 aromatic rings. The molecule has 1 saturated heterocycles. The van der Waals surface area contributed by atoms with E-state index in [1.807, 2.05) is 12.1 Å². The minimum Gasteiger partial charge on any atom is -0.326 e. The van der Waals surface area contributed by atoms with E-state index in [2.05, 4.69) is 52.7 Å². The Labute approximate surface area is 177 Å². The van der Waals surface area contributed by atoms with E-state index in [0.29, 0.717) is 11.3 Å². The second-order valence-electron chi connectivity index (χ2n) is 9.14. The summed E-state index contributed by atoms with van der Waals surface area (Å²) >= 11 is 0. The maximum atomic E-state index is 12.7. The normalized spacial score (nSPS) is 19.0. The van der Waals surface area contributed by atoms with E-state index in [9.17, 15) is 4.79 Å². The summed E-state index contributed by atoms with van der Waals surface area (Å²) in [4.78, 5) is 19.5. The van der Waals surface area contributed by atoms with Crippen LogP contribution in [0.1, 0.15) is 79.3 Å². The van der Waals surface area contributed by atoms with E-state index >= 15 is 0 Å². The predicted molar refractivity (Wildman–Crippen MR) is 118 cm³/mol. The minimum atomic E-state index is -0.330. The summed E-state index contributed by atoms with van der Waals surface area (Å²) in [6.07, 6.45) is 9.17. The van der Waals surface area contributed by atoms with Crippen LogP contribution < -0.4 is 10.6 Å². The van der Waals surface area contributed by atoms with Gasteiger partial charge in [-0.25, -0.2) is 4.98 Å². The van der Waals surface area contributed by atoms with Crippen LogP contribution >= 0.6 is 0 Å². The number of carbonyl (C=O) groups excluding carboxylic acids is 1. The molecular weight excluding hydrogens is 374 g/mol. The number of H-pyrrole nitrogens is 1. The summed E-state index contributed by atoms with van der Waals surface area (Å²) in [5.41, 5.74) is 5.17. The standard InChI is InChI=1S/C24H29N5O/c1-24(2)9-5-17(6-10-24)20-13-18(16-7-11-26-12-8-16)3-4-21(20)29-23(30)22-27-15-19(14-25)28-22/h3-5,13,15-16,26H,6-12H2,1-2H3,(H,27,28)(H,29,30). The van der Waals surface area contributed by atoms with E-state index < -0.39 is 0 Å². The molecule has 6 heteroatoms. The molecule has 0 saturated carbocycles. The Morgan fingerprint density at radius 2 is 2.10 bits per heavy atom. The summed E-state index contributed by atoms with van der Waals surface area (Å²) in [5.74, 6) is 0.376. The number of nitrogens with one attached hydrogen (secondary N) is 3. The molecule has 0 atom stereocenters. The molecular formula is C24H29N5O. The Kier molecular flexibility index (Phi) is 5.74. The summed E-state index contributed by atoms with van der Waals surface area (Å²) in [6.45, 7) is 6.71. The average Bonchev–Trinajstić information content (AvgIpc) is 3.24. The zero-order chi connectivity index (χ0) is 21.1. The molecule has 3 N–H and O–H groups in total. The first kappa shape index (κ1) is 20.4. The fourth-order valence-electron chi connectivity index (χ4n) is 4.34. The number of amides is 1. The molecule has 1 aromatic heterocycles. The number of allylic oxidation sites excluding steroid dienone is 2. The van der Waals surface area contributed by atoms with Crippen LogP contribution in [0.25, 0.3) is 5.57 Å². The molecule has 1 amide bonds. The lowest BCUT2D eigenvalue weighted by Crippen LogP contribution is -2.26. The van der Waals surface area contributed by atoms with Gasteiger partial charge < -0.3 is 15.6 Å². The zero-order valence-corrected chi connectivity index (χ0v) is 17.7. The van der Waals surface area contributed by atoms with Gasteiger partial charge in [-0.1, -0.05) is 26.0 Å². The minimum absolute atomic E-state index is 0.152. The van der Waals surface area contributed by atoms with Crippen LogP contribution in [-0.4, -0.2) is 29.0 Å². The molecule has 156 valence electrons. The molecule has 4 rings (SSSR count). The van der Waals surface area contributed by atoms with Crippen molar-refractivity contribution in [3.63, 3.8) is 0 Å². The number of nitriles is 1. The topological polar surface area (TPSA) is 93.6 Å². The van der Waals surface area contributed by atoms with Gasteiger partial charge in [0.2, 0.25) is 0 Å². The highest BCUT2D eigenvalue weighted by Crippen LogP contribution is 2.41. The van der Waals surface area contributed by atoms with Gasteiger partial charge in [0, 0.05) is 11.3 Å². The fourth-order valence-corrected chi connectivity index (χ4v) is 4.34. The second-order valence-corrected chi connectivity index (χ2v) is 9.14. The molecule has 1 aliphatic heterocycles. The molecule has 0 bridgehead atoms. The molecule has 1 aliphatic carbocycles. The molecule has 1 fully saturated rings. The van der Waals surface area contributed by atoms with Gasteiger partial charge in [-0.05, 0) is 79.8 Å². The quantitative estimate of drug-likeness (QED) is 0.696. The van der Waals surface area contributed by atoms with E-state index in [4.69, 9.17) is 5.26 Å². The lowest BCUT2D eigenvalue weighted by molar-refractivity contribution is 0.101. The molecule has 0 radical (unpaired) electrons. The number of imidazole rings is 1. The Bertz CT molecular complexity index is 1000. The lowest BCUT2D eigenvalue weighted by Gasteiger charge is -2.30. The summed E-state index contributed by atoms with van der Waals surface area (Å²) < 4.78 is 0. The number of benzene rings is 1. The van der Waals surface area contributed by atoms with Crippen molar-refractivity contribution in [1.82, 2.24) is 15.3 Å². The molecule has 1 aromatic carbocycles. The van der Waals surface area contributed by atoms with Crippen molar-refractivity contribution in [3.8, 4) is 6.07 Å². The Balaban J connectivity index is 1.65. The van der Waals surface area contributed by atoms with Crippen LogP contribution in [0.2, 0.25) is 0 Å². The Morgan fingerprint density at radius 1 is 1.30 bits per heavy atom. The van der Waals surface area contributed by atoms with Crippen LogP contribution in [0.3, 0.4) is 0 Å². The smallest absolute Gasteiger partial charge is 0.291 e. The number of hydrogen-bond acceptors (Lipinski definition) is 4. The van der Waals surface area contributed by atoms with Crippen LogP contribution in [-0.2, 0) is 0 Å². The first-order valence-corrected chi connectivity index (χ1v) is 10.8. The molecule has 2 heterocycles. The second kappa shape index (κ2) is 8.45. The van der Waals surface area contributed by atoms with Gasteiger partial charge in [-0.3, -0.25) is 4.79 Å². The number of aromatic amines is 1. The SMILES string of the molecule is CC1(C)CC=C(c2cc(C3CCNCC3)ccc2NC(=O)c2ncc(C#N)[nH]2)CC1. The predicted octanol–water partition coefficient (Wildman–Crippen LogP) is 4.59. The average molecular weight is 404 g/mol. The van der Waals surface area contributed by atoms with Crippen LogP contribution in [0.4, 0.5) is 5.69 Å². The highest BCUT2D eigenvalue weighted by molar-refractivity contribution is 6.03. The van der Waals surface area contributed by atoms with E-state index in [1.54, 1.807) is 0 Å². The summed E-state index contributed by atoms with van der Waals surface area (Å²) in [7, 11) is 0. The van der Waals surface area contributed by atoms with Crippen molar-refractivity contribution >= 4 is 17.2 Å². The summed E-state index contributed by atoms with van der Waals surface area (Å²) in [6, 6.07) is 8.42. The van der Waals surface area contributed by atoms with Gasteiger partial charge in [0.05, 0.1) is 6.20 Å². The number of piperidine rings is 1. The van der Waals surface area contributed by atoms with E-state index in [1.165, 1.54) is 17.3 Å². The molecule has 2 aliphatic rings. The maximum Gasteiger partial charge on any atom is 0.291 e. The van der Waals surface area contributed by atoms with Gasteiger partial charge in [-0.2, -0.15) is 5.26 Å². The third kappa shape index (κ3) is 4.47. The molecule has 30 heavy (non-hydrogen) atoms. The number of aromatic nitrogens is 2. The highest BCUT2D eigenvalue weighted by Gasteiger charge is 2.25. The zero-order valence-electron chi connectivity index (χ0n) is 17.7. The van der Waals surface area contributed by atoms with Crippen LogP contribution in [0, 0.1) is 16.7 Å². The number of nitrogens with zero attached hydrogens (tertiary/aromatic N) is 2. The molecule has 6 nitrogen and oxygen atoms in total. The van der Waals surface area contributed by atoms with Crippen LogP contribution in [0.5, 0.6) is 0 Å². The number of hydrogen-bond donors (Lipinski definition) is 3. The summed E-state index contributed by atoms with van der Waals surface area (Å²) in [5, 5.41) is 15.4. The largest absolute Gasteiger partial charge is 0.326 e. The van der Waals surface area contributed by atoms with Crippen molar-refractivity contribution < 1.29 is 4.79 Å². The Hall–Kier alpha value is -2.91. The van der Waals surface area contributed by atoms with E-state index in [0.717, 1.165) is 56.4 Å². The van der Waals surface area contributed by atoms with E-state index in [-0.39, 0.29) is 17.4 Å².